The molecule has 2 rings (SSSR count). The van der Waals surface area contributed by atoms with Crippen LogP contribution in [0.15, 0.2) is 18.3 Å². The van der Waals surface area contributed by atoms with Gasteiger partial charge in [-0.1, -0.05) is 29.3 Å². The van der Waals surface area contributed by atoms with Crippen LogP contribution in [0.2, 0.25) is 10.0 Å². The van der Waals surface area contributed by atoms with Gasteiger partial charge in [-0.2, -0.15) is 0 Å². The molecule has 0 aliphatic heterocycles. The lowest BCUT2D eigenvalue weighted by molar-refractivity contribution is 0.826. The summed E-state index contributed by atoms with van der Waals surface area (Å²) in [6, 6.07) is 3.70. The highest BCUT2D eigenvalue weighted by atomic mass is 35.5. The number of halogens is 2. The highest BCUT2D eigenvalue weighted by Crippen LogP contribution is 2.33. The fraction of sp³-hybridized carbons (Fsp3) is 0.200. The molecule has 0 spiro atoms. The van der Waals surface area contributed by atoms with Gasteiger partial charge in [-0.15, -0.1) is 0 Å². The number of H-pyrrole nitrogens is 1. The van der Waals surface area contributed by atoms with Gasteiger partial charge in [0.05, 0.1) is 15.6 Å². The molecule has 1 heterocycles. The number of hydrogen-bond acceptors (Lipinski definition) is 1. The van der Waals surface area contributed by atoms with Crippen molar-refractivity contribution >= 4 is 34.1 Å². The summed E-state index contributed by atoms with van der Waals surface area (Å²) in [6.07, 6.45) is 1.87. The average Bonchev–Trinajstić information content (AvgIpc) is 2.55. The number of fused-ring (bicyclic) bond motifs is 1. The maximum absolute atomic E-state index is 6.04. The van der Waals surface area contributed by atoms with Crippen LogP contribution in [-0.4, -0.2) is 4.98 Å². The normalized spacial score (nSPS) is 13.4. The molecule has 0 aliphatic carbocycles. The van der Waals surface area contributed by atoms with E-state index < -0.39 is 0 Å². The third-order valence-electron chi connectivity index (χ3n) is 2.27. The first-order chi connectivity index (χ1) is 6.61. The van der Waals surface area contributed by atoms with Crippen molar-refractivity contribution in [2.24, 2.45) is 5.73 Å². The van der Waals surface area contributed by atoms with E-state index >= 15 is 0 Å². The van der Waals surface area contributed by atoms with Gasteiger partial charge in [0.1, 0.15) is 0 Å². The van der Waals surface area contributed by atoms with Crippen LogP contribution in [0.3, 0.4) is 0 Å². The first kappa shape index (κ1) is 9.84. The summed E-state index contributed by atoms with van der Waals surface area (Å²) in [5.41, 5.74) is 7.72. The summed E-state index contributed by atoms with van der Waals surface area (Å²) in [4.78, 5) is 3.08. The minimum Gasteiger partial charge on any atom is -0.360 e. The van der Waals surface area contributed by atoms with Crippen LogP contribution in [0.1, 0.15) is 18.5 Å². The van der Waals surface area contributed by atoms with Crippen LogP contribution in [0.5, 0.6) is 0 Å². The van der Waals surface area contributed by atoms with Crippen LogP contribution in [0.25, 0.3) is 10.9 Å². The van der Waals surface area contributed by atoms with E-state index in [0.29, 0.717) is 10.0 Å². The predicted octanol–water partition coefficient (Wildman–Crippen LogP) is 3.49. The molecule has 0 bridgehead atoms. The molecule has 1 aromatic carbocycles. The number of benzene rings is 1. The SMILES string of the molecule is CC(N)c1c[nH]c2c(Cl)c(Cl)ccc12. The van der Waals surface area contributed by atoms with E-state index in [1.54, 1.807) is 6.07 Å². The molecule has 0 radical (unpaired) electrons. The van der Waals surface area contributed by atoms with E-state index in [-0.39, 0.29) is 6.04 Å². The fourth-order valence-corrected chi connectivity index (χ4v) is 1.91. The van der Waals surface area contributed by atoms with Crippen molar-refractivity contribution in [1.29, 1.82) is 0 Å². The Hall–Kier alpha value is -0.700. The van der Waals surface area contributed by atoms with Gasteiger partial charge in [0.2, 0.25) is 0 Å². The number of hydrogen-bond donors (Lipinski definition) is 2. The third kappa shape index (κ3) is 1.40. The Morgan fingerprint density at radius 3 is 2.71 bits per heavy atom. The van der Waals surface area contributed by atoms with Crippen molar-refractivity contribution < 1.29 is 0 Å². The monoisotopic (exact) mass is 228 g/mol. The van der Waals surface area contributed by atoms with Crippen molar-refractivity contribution in [2.45, 2.75) is 13.0 Å². The van der Waals surface area contributed by atoms with Crippen LogP contribution in [0, 0.1) is 0 Å². The van der Waals surface area contributed by atoms with E-state index in [0.717, 1.165) is 16.5 Å². The van der Waals surface area contributed by atoms with Gasteiger partial charge in [-0.25, -0.2) is 0 Å². The summed E-state index contributed by atoms with van der Waals surface area (Å²) in [5.74, 6) is 0. The van der Waals surface area contributed by atoms with E-state index in [4.69, 9.17) is 28.9 Å². The molecule has 2 aromatic rings. The minimum absolute atomic E-state index is 0.0130. The van der Waals surface area contributed by atoms with Crippen LogP contribution in [-0.2, 0) is 0 Å². The topological polar surface area (TPSA) is 41.8 Å². The number of rotatable bonds is 1. The first-order valence-corrected chi connectivity index (χ1v) is 5.07. The van der Waals surface area contributed by atoms with Gasteiger partial charge in [-0.05, 0) is 18.6 Å². The summed E-state index contributed by atoms with van der Waals surface area (Å²) in [7, 11) is 0. The van der Waals surface area contributed by atoms with Gasteiger partial charge in [0, 0.05) is 17.6 Å². The lowest BCUT2D eigenvalue weighted by Crippen LogP contribution is -2.03. The lowest BCUT2D eigenvalue weighted by atomic mass is 10.1. The first-order valence-electron chi connectivity index (χ1n) is 4.32. The van der Waals surface area contributed by atoms with Crippen molar-refractivity contribution in [3.05, 3.63) is 33.9 Å². The summed E-state index contributed by atoms with van der Waals surface area (Å²) in [6.45, 7) is 1.94. The van der Waals surface area contributed by atoms with Crippen molar-refractivity contribution in [2.75, 3.05) is 0 Å². The largest absolute Gasteiger partial charge is 0.360 e. The summed E-state index contributed by atoms with van der Waals surface area (Å²) < 4.78 is 0. The van der Waals surface area contributed by atoms with Gasteiger partial charge in [-0.3, -0.25) is 0 Å². The second-order valence-corrected chi connectivity index (χ2v) is 4.10. The Bertz CT molecular complexity index is 474. The third-order valence-corrected chi connectivity index (χ3v) is 3.07. The number of nitrogens with two attached hydrogens (primary N) is 1. The molecule has 0 aliphatic rings. The smallest absolute Gasteiger partial charge is 0.0833 e. The van der Waals surface area contributed by atoms with Crippen LogP contribution in [0.4, 0.5) is 0 Å². The fourth-order valence-electron chi connectivity index (χ4n) is 1.54. The standard InChI is InChI=1S/C10H10Cl2N2/c1-5(13)7-4-14-10-6(7)2-3-8(11)9(10)12/h2-5,14H,13H2,1H3. The van der Waals surface area contributed by atoms with E-state index in [1.165, 1.54) is 0 Å². The molecule has 1 atom stereocenters. The van der Waals surface area contributed by atoms with Crippen molar-refractivity contribution in [3.8, 4) is 0 Å². The highest BCUT2D eigenvalue weighted by molar-refractivity contribution is 6.45. The lowest BCUT2D eigenvalue weighted by Gasteiger charge is -2.03. The second-order valence-electron chi connectivity index (χ2n) is 3.32. The molecule has 0 fully saturated rings. The molecule has 0 saturated carbocycles. The van der Waals surface area contributed by atoms with Crippen molar-refractivity contribution in [1.82, 2.24) is 4.98 Å². The van der Waals surface area contributed by atoms with E-state index in [9.17, 15) is 0 Å². The highest BCUT2D eigenvalue weighted by Gasteiger charge is 2.11. The maximum atomic E-state index is 6.04. The van der Waals surface area contributed by atoms with Crippen LogP contribution < -0.4 is 5.73 Å². The maximum Gasteiger partial charge on any atom is 0.0833 e. The minimum atomic E-state index is -0.0130. The van der Waals surface area contributed by atoms with Gasteiger partial charge < -0.3 is 10.7 Å². The van der Waals surface area contributed by atoms with E-state index in [1.807, 2.05) is 19.2 Å². The molecule has 4 heteroatoms. The number of aromatic nitrogens is 1. The molecule has 2 nitrogen and oxygen atoms in total. The molecule has 14 heavy (non-hydrogen) atoms. The van der Waals surface area contributed by atoms with Gasteiger partial charge >= 0.3 is 0 Å². The molecule has 1 aromatic heterocycles. The Labute approximate surface area is 92.0 Å². The second kappa shape index (κ2) is 3.46. The molecule has 0 amide bonds. The number of aromatic amines is 1. The summed E-state index contributed by atoms with van der Waals surface area (Å²) >= 11 is 11.9. The van der Waals surface area contributed by atoms with Crippen LogP contribution >= 0.6 is 23.2 Å². The molecule has 1 unspecified atom stereocenters. The molecular weight excluding hydrogens is 219 g/mol. The Morgan fingerprint density at radius 2 is 2.07 bits per heavy atom. The zero-order chi connectivity index (χ0) is 10.3. The predicted molar refractivity (Wildman–Crippen MR) is 60.9 cm³/mol. The van der Waals surface area contributed by atoms with Gasteiger partial charge in [0.25, 0.3) is 0 Å². The Morgan fingerprint density at radius 1 is 1.36 bits per heavy atom. The number of nitrogens with one attached hydrogen (secondary N) is 1. The molecule has 0 saturated heterocycles. The molecular formula is C10H10Cl2N2. The average molecular weight is 229 g/mol. The molecule has 3 N–H and O–H groups in total. The zero-order valence-corrected chi connectivity index (χ0v) is 9.15. The van der Waals surface area contributed by atoms with E-state index in [2.05, 4.69) is 4.98 Å². The Kier molecular flexibility index (Phi) is 2.43. The summed E-state index contributed by atoms with van der Waals surface area (Å²) in [5, 5.41) is 2.14. The Balaban J connectivity index is 2.77. The molecule has 74 valence electrons. The van der Waals surface area contributed by atoms with Crippen molar-refractivity contribution in [3.63, 3.8) is 0 Å². The zero-order valence-electron chi connectivity index (χ0n) is 7.64. The quantitative estimate of drug-likeness (QED) is 0.772. The van der Waals surface area contributed by atoms with Gasteiger partial charge in [0.15, 0.2) is 0 Å².